The molecule has 7 heteroatoms. The minimum absolute atomic E-state index is 0.0341. The van der Waals surface area contributed by atoms with E-state index in [1.165, 1.54) is 0 Å². The van der Waals surface area contributed by atoms with Crippen LogP contribution in [-0.2, 0) is 0 Å². The van der Waals surface area contributed by atoms with E-state index in [1.807, 2.05) is 43.3 Å². The number of aromatic nitrogens is 2. The Labute approximate surface area is 149 Å². The highest BCUT2D eigenvalue weighted by molar-refractivity contribution is 5.70. The van der Waals surface area contributed by atoms with Crippen LogP contribution in [0.25, 0.3) is 11.3 Å². The van der Waals surface area contributed by atoms with E-state index in [0.717, 1.165) is 28.3 Å². The molecule has 2 aromatic heterocycles. The lowest BCUT2D eigenvalue weighted by molar-refractivity contribution is 0.369. The highest BCUT2D eigenvalue weighted by Gasteiger charge is 2.37. The number of aromatic amines is 1. The minimum atomic E-state index is -0.492. The van der Waals surface area contributed by atoms with Crippen LogP contribution in [-0.4, -0.2) is 17.3 Å². The van der Waals surface area contributed by atoms with Gasteiger partial charge in [0.2, 0.25) is 11.8 Å². The van der Waals surface area contributed by atoms with Crippen molar-refractivity contribution < 1.29 is 13.9 Å². The summed E-state index contributed by atoms with van der Waals surface area (Å²) >= 11 is 0. The Balaban J connectivity index is 1.90. The third-order valence-electron chi connectivity index (χ3n) is 4.36. The number of hydrogen-bond donors (Lipinski definition) is 2. The summed E-state index contributed by atoms with van der Waals surface area (Å²) in [5, 5.41) is 16.9. The molecule has 0 fully saturated rings. The van der Waals surface area contributed by atoms with Crippen molar-refractivity contribution in [3.05, 3.63) is 64.9 Å². The second-order valence-electron chi connectivity index (χ2n) is 5.92. The maximum Gasteiger partial charge on any atom is 0.244 e. The molecule has 130 valence electrons. The van der Waals surface area contributed by atoms with Crippen LogP contribution in [0, 0.1) is 18.3 Å². The molecule has 0 amide bonds. The average molecular weight is 348 g/mol. The van der Waals surface area contributed by atoms with Gasteiger partial charge in [-0.05, 0) is 43.3 Å². The van der Waals surface area contributed by atoms with Crippen molar-refractivity contribution in [3.63, 3.8) is 0 Å². The van der Waals surface area contributed by atoms with E-state index in [-0.39, 0.29) is 5.88 Å². The number of hydrogen-bond acceptors (Lipinski definition) is 6. The molecule has 3 heterocycles. The molecule has 1 unspecified atom stereocenters. The second kappa shape index (κ2) is 6.01. The molecule has 1 aliphatic rings. The first-order valence-electron chi connectivity index (χ1n) is 7.99. The molecule has 1 atom stereocenters. The van der Waals surface area contributed by atoms with Gasteiger partial charge in [0.1, 0.15) is 28.9 Å². The SMILES string of the molecule is COc1ccc(-c2[nH]nc3c2C(c2ccc(C)o2)C(C#N)=C(N)O3)cc1. The van der Waals surface area contributed by atoms with Crippen LogP contribution in [0.2, 0.25) is 0 Å². The number of methoxy groups -OCH3 is 1. The van der Waals surface area contributed by atoms with Gasteiger partial charge in [0, 0.05) is 5.56 Å². The van der Waals surface area contributed by atoms with Gasteiger partial charge in [-0.3, -0.25) is 5.10 Å². The molecular formula is C19H16N4O3. The Morgan fingerprint density at radius 1 is 1.23 bits per heavy atom. The number of furan rings is 1. The largest absolute Gasteiger partial charge is 0.497 e. The highest BCUT2D eigenvalue weighted by atomic mass is 16.5. The Morgan fingerprint density at radius 2 is 2.00 bits per heavy atom. The Morgan fingerprint density at radius 3 is 2.62 bits per heavy atom. The monoisotopic (exact) mass is 348 g/mol. The van der Waals surface area contributed by atoms with Gasteiger partial charge in [-0.2, -0.15) is 5.26 Å². The molecule has 26 heavy (non-hydrogen) atoms. The van der Waals surface area contributed by atoms with Crippen LogP contribution in [0.1, 0.15) is 23.0 Å². The van der Waals surface area contributed by atoms with E-state index in [0.29, 0.717) is 17.2 Å². The molecule has 0 spiro atoms. The lowest BCUT2D eigenvalue weighted by atomic mass is 9.86. The van der Waals surface area contributed by atoms with Crippen molar-refractivity contribution in [1.29, 1.82) is 5.26 Å². The summed E-state index contributed by atoms with van der Waals surface area (Å²) in [6.07, 6.45) is 0. The predicted molar refractivity (Wildman–Crippen MR) is 93.3 cm³/mol. The van der Waals surface area contributed by atoms with Crippen molar-refractivity contribution in [2.24, 2.45) is 5.73 Å². The quantitative estimate of drug-likeness (QED) is 0.752. The standard InChI is InChI=1S/C19H16N4O3/c1-10-3-8-14(25-10)15-13(9-20)18(21)26-19-16(15)17(22-23-19)11-4-6-12(24-2)7-5-11/h3-8,15H,21H2,1-2H3,(H,22,23). The Bertz CT molecular complexity index is 1040. The zero-order valence-corrected chi connectivity index (χ0v) is 14.2. The van der Waals surface area contributed by atoms with Gasteiger partial charge in [0.05, 0.1) is 24.3 Å². The molecule has 1 aromatic carbocycles. The number of H-pyrrole nitrogens is 1. The number of allylic oxidation sites excluding steroid dienone is 1. The van der Waals surface area contributed by atoms with Crippen molar-refractivity contribution in [2.75, 3.05) is 7.11 Å². The van der Waals surface area contributed by atoms with Crippen LogP contribution >= 0.6 is 0 Å². The lowest BCUT2D eigenvalue weighted by Crippen LogP contribution is -2.20. The van der Waals surface area contributed by atoms with E-state index < -0.39 is 5.92 Å². The van der Waals surface area contributed by atoms with Crippen LogP contribution in [0.3, 0.4) is 0 Å². The molecule has 0 radical (unpaired) electrons. The summed E-state index contributed by atoms with van der Waals surface area (Å²) in [4.78, 5) is 0. The third-order valence-corrected chi connectivity index (χ3v) is 4.36. The fourth-order valence-corrected chi connectivity index (χ4v) is 3.12. The van der Waals surface area contributed by atoms with Crippen molar-refractivity contribution in [3.8, 4) is 29.0 Å². The van der Waals surface area contributed by atoms with E-state index in [2.05, 4.69) is 16.3 Å². The van der Waals surface area contributed by atoms with Crippen LogP contribution in [0.5, 0.6) is 11.6 Å². The molecule has 1 aliphatic heterocycles. The van der Waals surface area contributed by atoms with Crippen molar-refractivity contribution in [2.45, 2.75) is 12.8 Å². The summed E-state index contributed by atoms with van der Waals surface area (Å²) in [6.45, 7) is 1.85. The molecule has 7 nitrogen and oxygen atoms in total. The molecule has 0 aliphatic carbocycles. The fraction of sp³-hybridized carbons (Fsp3) is 0.158. The number of ether oxygens (including phenoxy) is 2. The smallest absolute Gasteiger partial charge is 0.244 e. The van der Waals surface area contributed by atoms with Crippen LogP contribution in [0.15, 0.2) is 52.3 Å². The molecule has 4 rings (SSSR count). The zero-order valence-electron chi connectivity index (χ0n) is 14.2. The molecule has 3 N–H and O–H groups in total. The average Bonchev–Trinajstić information content (AvgIpc) is 3.26. The number of nitrogens with one attached hydrogen (secondary N) is 1. The van der Waals surface area contributed by atoms with Gasteiger partial charge in [-0.1, -0.05) is 0 Å². The highest BCUT2D eigenvalue weighted by Crippen LogP contribution is 2.46. The van der Waals surface area contributed by atoms with Crippen LogP contribution in [0.4, 0.5) is 0 Å². The predicted octanol–water partition coefficient (Wildman–Crippen LogP) is 3.20. The second-order valence-corrected chi connectivity index (χ2v) is 5.92. The topological polar surface area (TPSA) is 110 Å². The summed E-state index contributed by atoms with van der Waals surface area (Å²) < 4.78 is 16.6. The van der Waals surface area contributed by atoms with E-state index in [4.69, 9.17) is 19.6 Å². The molecular weight excluding hydrogens is 332 g/mol. The number of aryl methyl sites for hydroxylation is 1. The van der Waals surface area contributed by atoms with Gasteiger partial charge in [0.15, 0.2) is 0 Å². The first kappa shape index (κ1) is 15.8. The molecule has 3 aromatic rings. The summed E-state index contributed by atoms with van der Waals surface area (Å²) in [5.41, 5.74) is 8.58. The van der Waals surface area contributed by atoms with Gasteiger partial charge < -0.3 is 19.6 Å². The zero-order chi connectivity index (χ0) is 18.3. The summed E-state index contributed by atoms with van der Waals surface area (Å²) in [6, 6.07) is 13.4. The molecule has 0 bridgehead atoms. The van der Waals surface area contributed by atoms with Crippen LogP contribution < -0.4 is 15.2 Å². The number of fused-ring (bicyclic) bond motifs is 1. The number of benzene rings is 1. The Kier molecular flexibility index (Phi) is 3.66. The van der Waals surface area contributed by atoms with Gasteiger partial charge in [-0.15, -0.1) is 5.10 Å². The fourth-order valence-electron chi connectivity index (χ4n) is 3.12. The maximum absolute atomic E-state index is 9.64. The lowest BCUT2D eigenvalue weighted by Gasteiger charge is -2.22. The van der Waals surface area contributed by atoms with Gasteiger partial charge in [0.25, 0.3) is 0 Å². The third kappa shape index (κ3) is 2.40. The number of nitrogens with two attached hydrogens (primary N) is 1. The molecule has 0 saturated heterocycles. The first-order chi connectivity index (χ1) is 12.6. The maximum atomic E-state index is 9.64. The molecule has 0 saturated carbocycles. The normalized spacial score (nSPS) is 16.0. The van der Waals surface area contributed by atoms with E-state index in [9.17, 15) is 5.26 Å². The van der Waals surface area contributed by atoms with E-state index in [1.54, 1.807) is 7.11 Å². The van der Waals surface area contributed by atoms with Gasteiger partial charge >= 0.3 is 0 Å². The van der Waals surface area contributed by atoms with Crippen molar-refractivity contribution in [1.82, 2.24) is 10.2 Å². The van der Waals surface area contributed by atoms with E-state index >= 15 is 0 Å². The first-order valence-corrected chi connectivity index (χ1v) is 7.99. The van der Waals surface area contributed by atoms with Crippen molar-refractivity contribution >= 4 is 0 Å². The summed E-state index contributed by atoms with van der Waals surface area (Å²) in [7, 11) is 1.61. The summed E-state index contributed by atoms with van der Waals surface area (Å²) in [5.74, 6) is 1.99. The van der Waals surface area contributed by atoms with Gasteiger partial charge in [-0.25, -0.2) is 0 Å². The number of nitriles is 1. The Hall–Kier alpha value is -3.66. The minimum Gasteiger partial charge on any atom is -0.497 e. The number of rotatable bonds is 3. The number of nitrogens with zero attached hydrogens (tertiary/aromatic N) is 2.